The molecule has 0 bridgehead atoms. The first-order valence-electron chi connectivity index (χ1n) is 3.01. The summed E-state index contributed by atoms with van der Waals surface area (Å²) in [4.78, 5) is 11.5. The monoisotopic (exact) mass is 131 g/mol. The second kappa shape index (κ2) is 4.32. The maximum Gasteiger partial charge on any atom is 0.211 e. The largest absolute Gasteiger partial charge is 0.359 e. The van der Waals surface area contributed by atoms with E-state index in [0.29, 0.717) is 6.61 Å². The Labute approximate surface area is 55.6 Å². The van der Waals surface area contributed by atoms with Crippen LogP contribution in [-0.4, -0.2) is 31.2 Å². The van der Waals surface area contributed by atoms with Crippen molar-refractivity contribution in [1.29, 1.82) is 0 Å². The number of amides is 1. The second-order valence-corrected chi connectivity index (χ2v) is 1.83. The highest BCUT2D eigenvalue weighted by atomic mass is 16.5. The summed E-state index contributed by atoms with van der Waals surface area (Å²) in [7, 11) is 1.69. The molecule has 3 heteroatoms. The summed E-state index contributed by atoms with van der Waals surface area (Å²) in [5.74, 6) is 0. The summed E-state index contributed by atoms with van der Waals surface area (Å²) in [6, 6.07) is 0. The van der Waals surface area contributed by atoms with Crippen molar-refractivity contribution in [3.8, 4) is 0 Å². The Hall–Kier alpha value is -0.570. The zero-order valence-corrected chi connectivity index (χ0v) is 6.13. The van der Waals surface area contributed by atoms with Crippen LogP contribution in [0.4, 0.5) is 0 Å². The van der Waals surface area contributed by atoms with E-state index in [9.17, 15) is 4.79 Å². The summed E-state index contributed by atoms with van der Waals surface area (Å²) in [5.41, 5.74) is 0. The van der Waals surface area contributed by atoms with Gasteiger partial charge in [-0.2, -0.15) is 0 Å². The van der Waals surface area contributed by atoms with E-state index in [4.69, 9.17) is 4.74 Å². The van der Waals surface area contributed by atoms with Gasteiger partial charge in [-0.3, -0.25) is 4.79 Å². The summed E-state index contributed by atoms with van der Waals surface area (Å²) in [5, 5.41) is 0. The molecule has 0 aromatic carbocycles. The highest BCUT2D eigenvalue weighted by molar-refractivity contribution is 5.46. The number of hydrogen-bond donors (Lipinski definition) is 0. The summed E-state index contributed by atoms with van der Waals surface area (Å²) >= 11 is 0. The molecule has 3 nitrogen and oxygen atoms in total. The lowest BCUT2D eigenvalue weighted by molar-refractivity contribution is -0.127. The third kappa shape index (κ3) is 3.08. The Kier molecular flexibility index (Phi) is 4.05. The summed E-state index contributed by atoms with van der Waals surface area (Å²) < 4.78 is 5.09. The van der Waals surface area contributed by atoms with E-state index in [1.165, 1.54) is 4.90 Å². The quantitative estimate of drug-likeness (QED) is 0.409. The zero-order chi connectivity index (χ0) is 7.28. The van der Waals surface area contributed by atoms with Crippen molar-refractivity contribution < 1.29 is 9.53 Å². The van der Waals surface area contributed by atoms with Crippen molar-refractivity contribution in [3.05, 3.63) is 0 Å². The summed E-state index contributed by atoms with van der Waals surface area (Å²) in [6.45, 7) is 4.37. The molecular weight excluding hydrogens is 118 g/mol. The van der Waals surface area contributed by atoms with Crippen molar-refractivity contribution in [2.75, 3.05) is 13.7 Å². The molecule has 54 valence electrons. The van der Waals surface area contributed by atoms with Crippen LogP contribution in [0.15, 0.2) is 0 Å². The van der Waals surface area contributed by atoms with E-state index in [1.54, 1.807) is 7.05 Å². The average molecular weight is 131 g/mol. The van der Waals surface area contributed by atoms with Gasteiger partial charge in [-0.25, -0.2) is 0 Å². The maximum absolute atomic E-state index is 10.1. The topological polar surface area (TPSA) is 29.5 Å². The van der Waals surface area contributed by atoms with E-state index in [2.05, 4.69) is 0 Å². The fourth-order valence-corrected chi connectivity index (χ4v) is 0.444. The van der Waals surface area contributed by atoms with Crippen molar-refractivity contribution in [2.45, 2.75) is 20.1 Å². The molecule has 0 N–H and O–H groups in total. The van der Waals surface area contributed by atoms with Crippen molar-refractivity contribution in [1.82, 2.24) is 4.90 Å². The number of nitrogens with zero attached hydrogens (tertiary/aromatic N) is 1. The molecule has 0 saturated heterocycles. The van der Waals surface area contributed by atoms with Gasteiger partial charge in [0.25, 0.3) is 0 Å². The Morgan fingerprint density at radius 3 is 2.67 bits per heavy atom. The number of ether oxygens (including phenoxy) is 1. The molecule has 0 fully saturated rings. The van der Waals surface area contributed by atoms with E-state index in [1.807, 2.05) is 13.8 Å². The van der Waals surface area contributed by atoms with Crippen LogP contribution in [0.5, 0.6) is 0 Å². The minimum Gasteiger partial charge on any atom is -0.359 e. The lowest BCUT2D eigenvalue weighted by Gasteiger charge is -2.19. The average Bonchev–Trinajstić information content (AvgIpc) is 1.87. The molecule has 0 spiro atoms. The molecule has 0 saturated carbocycles. The molecule has 0 radical (unpaired) electrons. The highest BCUT2D eigenvalue weighted by Gasteiger charge is 2.03. The van der Waals surface area contributed by atoms with Gasteiger partial charge in [0.05, 0.1) is 0 Å². The van der Waals surface area contributed by atoms with Crippen LogP contribution >= 0.6 is 0 Å². The smallest absolute Gasteiger partial charge is 0.211 e. The molecular formula is C6H13NO2. The van der Waals surface area contributed by atoms with Crippen molar-refractivity contribution >= 4 is 6.41 Å². The van der Waals surface area contributed by atoms with Gasteiger partial charge in [-0.1, -0.05) is 0 Å². The van der Waals surface area contributed by atoms with Gasteiger partial charge in [0, 0.05) is 13.7 Å². The Morgan fingerprint density at radius 1 is 1.78 bits per heavy atom. The number of carbonyl (C=O) groups is 1. The molecule has 1 unspecified atom stereocenters. The molecule has 0 aromatic heterocycles. The van der Waals surface area contributed by atoms with Crippen LogP contribution in [-0.2, 0) is 9.53 Å². The fraction of sp³-hybridized carbons (Fsp3) is 0.833. The van der Waals surface area contributed by atoms with Gasteiger partial charge in [0.1, 0.15) is 6.23 Å². The maximum atomic E-state index is 10.1. The third-order valence-electron chi connectivity index (χ3n) is 1.15. The zero-order valence-electron chi connectivity index (χ0n) is 6.13. The van der Waals surface area contributed by atoms with Gasteiger partial charge in [-0.05, 0) is 13.8 Å². The highest BCUT2D eigenvalue weighted by Crippen LogP contribution is 1.92. The second-order valence-electron chi connectivity index (χ2n) is 1.83. The van der Waals surface area contributed by atoms with Gasteiger partial charge in [-0.15, -0.1) is 0 Å². The van der Waals surface area contributed by atoms with Crippen LogP contribution < -0.4 is 0 Å². The number of carbonyl (C=O) groups excluding carboxylic acids is 1. The van der Waals surface area contributed by atoms with Crippen LogP contribution in [0, 0.1) is 0 Å². The first-order chi connectivity index (χ1) is 4.22. The normalized spacial score (nSPS) is 12.8. The molecule has 0 aliphatic carbocycles. The van der Waals surface area contributed by atoms with Crippen molar-refractivity contribution in [2.24, 2.45) is 0 Å². The fourth-order valence-electron chi connectivity index (χ4n) is 0.444. The lowest BCUT2D eigenvalue weighted by atomic mass is 10.6. The van der Waals surface area contributed by atoms with Crippen LogP contribution in [0.25, 0.3) is 0 Å². The van der Waals surface area contributed by atoms with E-state index in [0.717, 1.165) is 6.41 Å². The molecule has 1 atom stereocenters. The first kappa shape index (κ1) is 8.43. The lowest BCUT2D eigenvalue weighted by Crippen LogP contribution is -2.29. The molecule has 0 aromatic rings. The first-order valence-corrected chi connectivity index (χ1v) is 3.01. The third-order valence-corrected chi connectivity index (χ3v) is 1.15. The van der Waals surface area contributed by atoms with Gasteiger partial charge >= 0.3 is 0 Å². The molecule has 0 heterocycles. The Bertz CT molecular complexity index is 85.1. The number of rotatable bonds is 4. The van der Waals surface area contributed by atoms with Crippen LogP contribution in [0.1, 0.15) is 13.8 Å². The SMILES string of the molecule is CCOC(C)N(C)C=O. The van der Waals surface area contributed by atoms with Gasteiger partial charge < -0.3 is 9.64 Å². The predicted molar refractivity (Wildman–Crippen MR) is 34.9 cm³/mol. The summed E-state index contributed by atoms with van der Waals surface area (Å²) in [6.07, 6.45) is 0.646. The molecule has 0 rings (SSSR count). The number of hydrogen-bond acceptors (Lipinski definition) is 2. The molecule has 1 amide bonds. The van der Waals surface area contributed by atoms with E-state index >= 15 is 0 Å². The molecule has 0 aliphatic heterocycles. The minimum atomic E-state index is -0.104. The van der Waals surface area contributed by atoms with Gasteiger partial charge in [0.15, 0.2) is 0 Å². The van der Waals surface area contributed by atoms with Crippen LogP contribution in [0.3, 0.4) is 0 Å². The molecule has 0 aliphatic rings. The van der Waals surface area contributed by atoms with Crippen molar-refractivity contribution in [3.63, 3.8) is 0 Å². The Morgan fingerprint density at radius 2 is 2.33 bits per heavy atom. The van der Waals surface area contributed by atoms with E-state index < -0.39 is 0 Å². The molecule has 9 heavy (non-hydrogen) atoms. The minimum absolute atomic E-state index is 0.104. The standard InChI is InChI=1S/C6H13NO2/c1-4-9-6(2)7(3)5-8/h5-6H,4H2,1-3H3. The van der Waals surface area contributed by atoms with Gasteiger partial charge in [0.2, 0.25) is 6.41 Å². The predicted octanol–water partition coefficient (Wildman–Crippen LogP) is 0.457. The van der Waals surface area contributed by atoms with Crippen LogP contribution in [0.2, 0.25) is 0 Å². The Balaban J connectivity index is 3.44. The van der Waals surface area contributed by atoms with E-state index in [-0.39, 0.29) is 6.23 Å².